The van der Waals surface area contributed by atoms with Crippen LogP contribution in [0.2, 0.25) is 0 Å². The largest absolute Gasteiger partial charge is 0.337 e. The maximum Gasteiger partial charge on any atom is 0.0556 e. The summed E-state index contributed by atoms with van der Waals surface area (Å²) in [6.07, 6.45) is 3.79. The van der Waals surface area contributed by atoms with E-state index in [4.69, 9.17) is 0 Å². The maximum absolute atomic E-state index is 2.85. The van der Waals surface area contributed by atoms with Crippen molar-refractivity contribution in [3.8, 4) is 0 Å². The van der Waals surface area contributed by atoms with Crippen LogP contribution in [-0.2, 0) is 0 Å². The summed E-state index contributed by atoms with van der Waals surface area (Å²) in [6.45, 7) is 4.25. The first kappa shape index (κ1) is 5.24. The van der Waals surface area contributed by atoms with Crippen LogP contribution < -0.4 is 0 Å². The van der Waals surface area contributed by atoms with E-state index in [1.807, 2.05) is 12.4 Å². The first-order chi connectivity index (χ1) is 3.80. The molecule has 42 valence electrons. The van der Waals surface area contributed by atoms with Crippen LogP contribution in [0.1, 0.15) is 13.8 Å². The smallest absolute Gasteiger partial charge is 0.0556 e. The Morgan fingerprint density at radius 1 is 1.25 bits per heavy atom. The van der Waals surface area contributed by atoms with Gasteiger partial charge in [0.25, 0.3) is 0 Å². The van der Waals surface area contributed by atoms with Gasteiger partial charge in [-0.2, -0.15) is 0 Å². The second-order valence-corrected chi connectivity index (χ2v) is 2.09. The molecule has 0 atom stereocenters. The van der Waals surface area contributed by atoms with Crippen LogP contribution in [0, 0.1) is 0 Å². The molecule has 0 aliphatic carbocycles. The Hall–Kier alpha value is -0.900. The Bertz CT molecular complexity index is 151. The van der Waals surface area contributed by atoms with Crippen molar-refractivity contribution < 1.29 is 0 Å². The standard InChI is InChI=1S/C7H9N/c1-7(2)8-5-3-4-6-8/h5-7H,1-2H3. The fourth-order valence-electron chi connectivity index (χ4n) is 0.559. The highest BCUT2D eigenvalue weighted by molar-refractivity contribution is 4.99. The molecule has 0 bridgehead atoms. The van der Waals surface area contributed by atoms with Crippen LogP contribution in [0.25, 0.3) is 0 Å². The number of nitrogens with zero attached hydrogens (tertiary/aromatic N) is 1. The molecule has 1 rings (SSSR count). The van der Waals surface area contributed by atoms with Crippen LogP contribution in [0.3, 0.4) is 0 Å². The summed E-state index contributed by atoms with van der Waals surface area (Å²) in [6, 6.07) is 0.539. The Morgan fingerprint density at radius 2 is 1.75 bits per heavy atom. The molecule has 0 aromatic rings. The van der Waals surface area contributed by atoms with Crippen molar-refractivity contribution in [2.24, 2.45) is 0 Å². The van der Waals surface area contributed by atoms with Crippen LogP contribution >= 0.6 is 0 Å². The van der Waals surface area contributed by atoms with Gasteiger partial charge in [0.1, 0.15) is 0 Å². The van der Waals surface area contributed by atoms with Crippen molar-refractivity contribution in [2.45, 2.75) is 19.9 Å². The predicted molar refractivity (Wildman–Crippen MR) is 33.1 cm³/mol. The van der Waals surface area contributed by atoms with Gasteiger partial charge in [0.05, 0.1) is 12.4 Å². The molecule has 0 aromatic heterocycles. The highest BCUT2D eigenvalue weighted by atomic mass is 15.1. The van der Waals surface area contributed by atoms with E-state index < -0.39 is 0 Å². The lowest BCUT2D eigenvalue weighted by Crippen LogP contribution is -2.16. The van der Waals surface area contributed by atoms with Crippen molar-refractivity contribution in [3.05, 3.63) is 23.9 Å². The molecule has 1 aliphatic heterocycles. The fourth-order valence-corrected chi connectivity index (χ4v) is 0.559. The zero-order valence-electron chi connectivity index (χ0n) is 5.18. The van der Waals surface area contributed by atoms with E-state index in [2.05, 4.69) is 30.2 Å². The molecule has 1 aliphatic rings. The minimum absolute atomic E-state index is 0.539. The van der Waals surface area contributed by atoms with E-state index in [9.17, 15) is 0 Å². The minimum Gasteiger partial charge on any atom is -0.337 e. The predicted octanol–water partition coefficient (Wildman–Crippen LogP) is 1.49. The summed E-state index contributed by atoms with van der Waals surface area (Å²) in [5.74, 6) is 0. The van der Waals surface area contributed by atoms with Crippen molar-refractivity contribution in [3.63, 3.8) is 0 Å². The Labute approximate surface area is 49.6 Å². The van der Waals surface area contributed by atoms with Crippen molar-refractivity contribution in [1.82, 2.24) is 4.90 Å². The van der Waals surface area contributed by atoms with Crippen molar-refractivity contribution >= 4 is 0 Å². The molecule has 1 heteroatoms. The quantitative estimate of drug-likeness (QED) is 0.459. The highest BCUT2D eigenvalue weighted by Gasteiger charge is 1.99. The molecule has 0 saturated carbocycles. The third kappa shape index (κ3) is 0.840. The zero-order chi connectivity index (χ0) is 5.98. The van der Waals surface area contributed by atoms with Crippen LogP contribution in [0.5, 0.6) is 0 Å². The average Bonchev–Trinajstić information content (AvgIpc) is 2.12. The number of rotatable bonds is 1. The zero-order valence-corrected chi connectivity index (χ0v) is 5.18. The molecule has 0 saturated heterocycles. The summed E-state index contributed by atoms with van der Waals surface area (Å²) < 4.78 is 0. The number of hydrogen-bond acceptors (Lipinski definition) is 1. The number of hydrogen-bond donors (Lipinski definition) is 0. The molecule has 0 radical (unpaired) electrons. The van der Waals surface area contributed by atoms with Crippen LogP contribution in [0.15, 0.2) is 23.9 Å². The summed E-state index contributed by atoms with van der Waals surface area (Å²) in [7, 11) is 0. The van der Waals surface area contributed by atoms with E-state index >= 15 is 0 Å². The SMILES string of the molecule is CC(C)N1C=C=C=C1. The van der Waals surface area contributed by atoms with E-state index in [1.54, 1.807) is 0 Å². The van der Waals surface area contributed by atoms with Gasteiger partial charge in [-0.3, -0.25) is 0 Å². The minimum atomic E-state index is 0.539. The lowest BCUT2D eigenvalue weighted by molar-refractivity contribution is 0.423. The molecule has 0 fully saturated rings. The normalized spacial score (nSPS) is 14.6. The molecule has 1 heterocycles. The molecule has 0 aromatic carbocycles. The van der Waals surface area contributed by atoms with Crippen molar-refractivity contribution in [2.75, 3.05) is 0 Å². The van der Waals surface area contributed by atoms with Gasteiger partial charge in [-0.1, -0.05) is 11.5 Å². The van der Waals surface area contributed by atoms with Gasteiger partial charge >= 0.3 is 0 Å². The molecule has 0 spiro atoms. The lowest BCUT2D eigenvalue weighted by Gasteiger charge is -2.14. The monoisotopic (exact) mass is 107 g/mol. The molecule has 0 amide bonds. The molecule has 1 nitrogen and oxygen atoms in total. The molecular formula is C7H9N. The molecule has 8 heavy (non-hydrogen) atoms. The van der Waals surface area contributed by atoms with Crippen LogP contribution in [0.4, 0.5) is 0 Å². The molecule has 0 unspecified atom stereocenters. The topological polar surface area (TPSA) is 3.24 Å². The molecule has 0 N–H and O–H groups in total. The van der Waals surface area contributed by atoms with E-state index in [1.165, 1.54) is 0 Å². The van der Waals surface area contributed by atoms with Crippen LogP contribution in [-0.4, -0.2) is 10.9 Å². The maximum atomic E-state index is 2.85. The van der Waals surface area contributed by atoms with E-state index in [0.717, 1.165) is 0 Å². The summed E-state index contributed by atoms with van der Waals surface area (Å²) in [5.41, 5.74) is 5.70. The third-order valence-electron chi connectivity index (χ3n) is 1.11. The highest BCUT2D eigenvalue weighted by Crippen LogP contribution is 2.00. The van der Waals surface area contributed by atoms with E-state index in [0.29, 0.717) is 6.04 Å². The first-order valence-corrected chi connectivity index (χ1v) is 2.76. The fraction of sp³-hybridized carbons (Fsp3) is 0.429. The van der Waals surface area contributed by atoms with Gasteiger partial charge in [0, 0.05) is 6.04 Å². The van der Waals surface area contributed by atoms with Gasteiger partial charge < -0.3 is 4.90 Å². The Morgan fingerprint density at radius 3 is 2.00 bits per heavy atom. The molecular weight excluding hydrogens is 98.1 g/mol. The van der Waals surface area contributed by atoms with E-state index in [-0.39, 0.29) is 0 Å². The van der Waals surface area contributed by atoms with Gasteiger partial charge in [0.15, 0.2) is 0 Å². The Kier molecular flexibility index (Phi) is 1.26. The van der Waals surface area contributed by atoms with Gasteiger partial charge in [-0.25, -0.2) is 0 Å². The van der Waals surface area contributed by atoms with Crippen molar-refractivity contribution in [1.29, 1.82) is 0 Å². The van der Waals surface area contributed by atoms with Gasteiger partial charge in [0.2, 0.25) is 0 Å². The summed E-state index contributed by atoms with van der Waals surface area (Å²) in [4.78, 5) is 2.06. The first-order valence-electron chi connectivity index (χ1n) is 2.76. The summed E-state index contributed by atoms with van der Waals surface area (Å²) in [5, 5.41) is 0. The van der Waals surface area contributed by atoms with Gasteiger partial charge in [-0.05, 0) is 13.8 Å². The third-order valence-corrected chi connectivity index (χ3v) is 1.11. The second kappa shape index (κ2) is 1.92. The summed E-state index contributed by atoms with van der Waals surface area (Å²) >= 11 is 0. The lowest BCUT2D eigenvalue weighted by atomic mass is 10.4. The Balaban J connectivity index is 2.59. The average molecular weight is 107 g/mol. The second-order valence-electron chi connectivity index (χ2n) is 2.09. The van der Waals surface area contributed by atoms with Gasteiger partial charge in [-0.15, -0.1) is 0 Å².